The van der Waals surface area contributed by atoms with Gasteiger partial charge in [0.05, 0.1) is 0 Å². The molecule has 3 rings (SSSR count). The summed E-state index contributed by atoms with van der Waals surface area (Å²) < 4.78 is 1.90. The molecular formula is C13H14N2O2. The summed E-state index contributed by atoms with van der Waals surface area (Å²) in [6.07, 6.45) is 8.75. The number of hydrogen-bond acceptors (Lipinski definition) is 2. The Bertz CT molecular complexity index is 568. The lowest BCUT2D eigenvalue weighted by Gasteiger charge is -2.03. The highest BCUT2D eigenvalue weighted by Gasteiger charge is 2.18. The van der Waals surface area contributed by atoms with E-state index in [2.05, 4.69) is 17.2 Å². The molecule has 0 atom stereocenters. The van der Waals surface area contributed by atoms with Crippen molar-refractivity contribution in [1.29, 1.82) is 0 Å². The maximum atomic E-state index is 10.8. The molecule has 0 unspecified atom stereocenters. The molecule has 1 fully saturated rings. The first-order chi connectivity index (χ1) is 8.24. The number of carbonyl (C=O) groups is 1. The number of carboxylic acids is 1. The van der Waals surface area contributed by atoms with Crippen LogP contribution < -0.4 is 0 Å². The predicted octanol–water partition coefficient (Wildman–Crippen LogP) is 2.69. The van der Waals surface area contributed by atoms with Crippen LogP contribution in [0.5, 0.6) is 0 Å². The van der Waals surface area contributed by atoms with E-state index in [1.165, 1.54) is 31.2 Å². The first kappa shape index (κ1) is 10.3. The Hall–Kier alpha value is -1.84. The Morgan fingerprint density at radius 2 is 2.12 bits per heavy atom. The largest absolute Gasteiger partial charge is 0.477 e. The molecule has 4 heteroatoms. The van der Waals surface area contributed by atoms with E-state index in [9.17, 15) is 4.79 Å². The molecule has 2 heterocycles. The smallest absolute Gasteiger partial charge is 0.354 e. The van der Waals surface area contributed by atoms with Crippen LogP contribution in [-0.2, 0) is 0 Å². The number of carboxylic acid groups (broad SMARTS) is 1. The molecule has 2 aromatic rings. The molecule has 0 amide bonds. The molecule has 0 saturated heterocycles. The lowest BCUT2D eigenvalue weighted by atomic mass is 10.0. The SMILES string of the molecule is O=C(O)c1cc2cc(C3CCCC3)cn2cn1. The fourth-order valence-corrected chi connectivity index (χ4v) is 2.64. The molecular weight excluding hydrogens is 216 g/mol. The molecule has 0 aliphatic heterocycles. The summed E-state index contributed by atoms with van der Waals surface area (Å²) in [5.74, 6) is -0.334. The van der Waals surface area contributed by atoms with Gasteiger partial charge in [-0.2, -0.15) is 0 Å². The Balaban J connectivity index is 2.03. The highest BCUT2D eigenvalue weighted by Crippen LogP contribution is 2.34. The Kier molecular flexibility index (Phi) is 2.35. The van der Waals surface area contributed by atoms with Gasteiger partial charge >= 0.3 is 5.97 Å². The third kappa shape index (κ3) is 1.79. The standard InChI is InChI=1S/C13H14N2O2/c16-13(17)12-6-11-5-10(7-15(11)8-14-12)9-3-1-2-4-9/h5-9H,1-4H2,(H,16,17). The van der Waals surface area contributed by atoms with E-state index in [1.54, 1.807) is 12.4 Å². The van der Waals surface area contributed by atoms with Gasteiger partial charge in [0.15, 0.2) is 5.69 Å². The zero-order valence-corrected chi connectivity index (χ0v) is 9.47. The zero-order chi connectivity index (χ0) is 11.8. The van der Waals surface area contributed by atoms with Gasteiger partial charge in [-0.05, 0) is 36.5 Å². The second-order valence-corrected chi connectivity index (χ2v) is 4.67. The third-order valence-electron chi connectivity index (χ3n) is 3.55. The van der Waals surface area contributed by atoms with Gasteiger partial charge in [0.25, 0.3) is 0 Å². The maximum absolute atomic E-state index is 10.8. The third-order valence-corrected chi connectivity index (χ3v) is 3.55. The summed E-state index contributed by atoms with van der Waals surface area (Å²) in [7, 11) is 0. The van der Waals surface area contributed by atoms with Crippen molar-refractivity contribution in [1.82, 2.24) is 9.38 Å². The summed E-state index contributed by atoms with van der Waals surface area (Å²) in [6, 6.07) is 3.71. The van der Waals surface area contributed by atoms with Crippen LogP contribution >= 0.6 is 0 Å². The molecule has 1 aliphatic carbocycles. The minimum absolute atomic E-state index is 0.105. The summed E-state index contributed by atoms with van der Waals surface area (Å²) in [5, 5.41) is 8.89. The summed E-state index contributed by atoms with van der Waals surface area (Å²) >= 11 is 0. The van der Waals surface area contributed by atoms with E-state index >= 15 is 0 Å². The number of hydrogen-bond donors (Lipinski definition) is 1. The first-order valence-electron chi connectivity index (χ1n) is 5.95. The van der Waals surface area contributed by atoms with Crippen LogP contribution in [0.2, 0.25) is 0 Å². The molecule has 2 aromatic heterocycles. The van der Waals surface area contributed by atoms with Crippen molar-refractivity contribution >= 4 is 11.5 Å². The molecule has 1 saturated carbocycles. The van der Waals surface area contributed by atoms with Gasteiger partial charge in [0.1, 0.15) is 6.33 Å². The van der Waals surface area contributed by atoms with E-state index in [0.717, 1.165) is 5.52 Å². The van der Waals surface area contributed by atoms with Gasteiger partial charge in [-0.15, -0.1) is 0 Å². The molecule has 0 aromatic carbocycles. The molecule has 17 heavy (non-hydrogen) atoms. The van der Waals surface area contributed by atoms with Gasteiger partial charge < -0.3 is 9.51 Å². The van der Waals surface area contributed by atoms with E-state index in [-0.39, 0.29) is 5.69 Å². The van der Waals surface area contributed by atoms with Crippen LogP contribution in [0.3, 0.4) is 0 Å². The van der Waals surface area contributed by atoms with Crippen LogP contribution in [0.25, 0.3) is 5.52 Å². The lowest BCUT2D eigenvalue weighted by Crippen LogP contribution is -2.00. The van der Waals surface area contributed by atoms with Crippen molar-refractivity contribution in [3.63, 3.8) is 0 Å². The number of aromatic carboxylic acids is 1. The van der Waals surface area contributed by atoms with Crippen LogP contribution in [0.1, 0.15) is 47.7 Å². The van der Waals surface area contributed by atoms with Gasteiger partial charge in [-0.1, -0.05) is 12.8 Å². The quantitative estimate of drug-likeness (QED) is 0.862. The number of nitrogens with zero attached hydrogens (tertiary/aromatic N) is 2. The van der Waals surface area contributed by atoms with Crippen molar-refractivity contribution in [2.24, 2.45) is 0 Å². The minimum atomic E-state index is -0.976. The van der Waals surface area contributed by atoms with Crippen molar-refractivity contribution < 1.29 is 9.90 Å². The van der Waals surface area contributed by atoms with Gasteiger partial charge in [0, 0.05) is 11.7 Å². The predicted molar refractivity (Wildman–Crippen MR) is 63.4 cm³/mol. The van der Waals surface area contributed by atoms with Crippen molar-refractivity contribution in [3.8, 4) is 0 Å². The lowest BCUT2D eigenvalue weighted by molar-refractivity contribution is 0.0690. The second-order valence-electron chi connectivity index (χ2n) is 4.67. The minimum Gasteiger partial charge on any atom is -0.477 e. The second kappa shape index (κ2) is 3.87. The van der Waals surface area contributed by atoms with Crippen LogP contribution in [0, 0.1) is 0 Å². The highest BCUT2D eigenvalue weighted by atomic mass is 16.4. The average Bonchev–Trinajstić information content (AvgIpc) is 2.96. The molecule has 0 bridgehead atoms. The van der Waals surface area contributed by atoms with E-state index in [1.807, 2.05) is 4.40 Å². The van der Waals surface area contributed by atoms with Gasteiger partial charge in [-0.25, -0.2) is 9.78 Å². The van der Waals surface area contributed by atoms with E-state index in [4.69, 9.17) is 5.11 Å². The summed E-state index contributed by atoms with van der Waals surface area (Å²) in [5.41, 5.74) is 2.33. The maximum Gasteiger partial charge on any atom is 0.354 e. The Morgan fingerprint density at radius 1 is 1.35 bits per heavy atom. The van der Waals surface area contributed by atoms with Gasteiger partial charge in [0.2, 0.25) is 0 Å². The zero-order valence-electron chi connectivity index (χ0n) is 9.47. The first-order valence-corrected chi connectivity index (χ1v) is 5.95. The number of aromatic nitrogens is 2. The molecule has 0 spiro atoms. The average molecular weight is 230 g/mol. The Morgan fingerprint density at radius 3 is 2.82 bits per heavy atom. The number of rotatable bonds is 2. The molecule has 4 nitrogen and oxygen atoms in total. The fourth-order valence-electron chi connectivity index (χ4n) is 2.64. The molecule has 0 radical (unpaired) electrons. The van der Waals surface area contributed by atoms with Crippen LogP contribution in [-0.4, -0.2) is 20.5 Å². The summed E-state index contributed by atoms with van der Waals surface area (Å²) in [6.45, 7) is 0. The number of fused-ring (bicyclic) bond motifs is 1. The van der Waals surface area contributed by atoms with Crippen LogP contribution in [0.15, 0.2) is 24.7 Å². The normalized spacial score (nSPS) is 16.7. The monoisotopic (exact) mass is 230 g/mol. The summed E-state index contributed by atoms with van der Waals surface area (Å²) in [4.78, 5) is 14.7. The van der Waals surface area contributed by atoms with Gasteiger partial charge in [-0.3, -0.25) is 0 Å². The van der Waals surface area contributed by atoms with Crippen LogP contribution in [0.4, 0.5) is 0 Å². The Labute approximate surface area is 98.9 Å². The fraction of sp³-hybridized carbons (Fsp3) is 0.385. The van der Waals surface area contributed by atoms with E-state index < -0.39 is 5.97 Å². The van der Waals surface area contributed by atoms with E-state index in [0.29, 0.717) is 5.92 Å². The van der Waals surface area contributed by atoms with Crippen molar-refractivity contribution in [2.75, 3.05) is 0 Å². The molecule has 1 aliphatic rings. The molecule has 88 valence electrons. The van der Waals surface area contributed by atoms with Crippen molar-refractivity contribution in [3.05, 3.63) is 35.9 Å². The molecule has 1 N–H and O–H groups in total. The highest BCUT2D eigenvalue weighted by molar-refractivity contribution is 5.86. The van der Waals surface area contributed by atoms with Crippen molar-refractivity contribution in [2.45, 2.75) is 31.6 Å². The topological polar surface area (TPSA) is 54.6 Å².